The summed E-state index contributed by atoms with van der Waals surface area (Å²) in [4.78, 5) is 2.60. The van der Waals surface area contributed by atoms with Gasteiger partial charge in [-0.25, -0.2) is 0 Å². The zero-order chi connectivity index (χ0) is 13.7. The molecule has 1 N–H and O–H groups in total. The highest BCUT2D eigenvalue weighted by Crippen LogP contribution is 2.24. The SMILES string of the molecule is CCCN1CCC(C(C)Nc2cccc(Br)c2)CC1. The van der Waals surface area contributed by atoms with Gasteiger partial charge >= 0.3 is 0 Å². The maximum absolute atomic E-state index is 3.65. The molecule has 106 valence electrons. The summed E-state index contributed by atoms with van der Waals surface area (Å²) < 4.78 is 1.14. The van der Waals surface area contributed by atoms with Crippen LogP contribution in [0.25, 0.3) is 0 Å². The fourth-order valence-corrected chi connectivity index (χ4v) is 3.35. The fourth-order valence-electron chi connectivity index (χ4n) is 2.95. The van der Waals surface area contributed by atoms with Gasteiger partial charge in [-0.2, -0.15) is 0 Å². The highest BCUT2D eigenvalue weighted by molar-refractivity contribution is 9.10. The number of nitrogens with one attached hydrogen (secondary N) is 1. The fraction of sp³-hybridized carbons (Fsp3) is 0.625. The molecule has 1 fully saturated rings. The average Bonchev–Trinajstić information content (AvgIpc) is 2.40. The Morgan fingerprint density at radius 2 is 2.11 bits per heavy atom. The summed E-state index contributed by atoms with van der Waals surface area (Å²) in [5.41, 5.74) is 1.22. The Kier molecular flexibility index (Phi) is 5.71. The molecule has 0 spiro atoms. The van der Waals surface area contributed by atoms with Crippen molar-refractivity contribution in [3.8, 4) is 0 Å². The number of benzene rings is 1. The molecule has 0 aliphatic carbocycles. The molecule has 0 aromatic heterocycles. The predicted molar refractivity (Wildman–Crippen MR) is 86.7 cm³/mol. The highest BCUT2D eigenvalue weighted by atomic mass is 79.9. The molecule has 19 heavy (non-hydrogen) atoms. The van der Waals surface area contributed by atoms with Crippen molar-refractivity contribution in [2.45, 2.75) is 39.2 Å². The van der Waals surface area contributed by atoms with Gasteiger partial charge in [-0.3, -0.25) is 0 Å². The third-order valence-electron chi connectivity index (χ3n) is 4.10. The van der Waals surface area contributed by atoms with Gasteiger partial charge in [-0.1, -0.05) is 28.9 Å². The molecule has 2 rings (SSSR count). The Morgan fingerprint density at radius 3 is 2.74 bits per heavy atom. The first-order valence-electron chi connectivity index (χ1n) is 7.43. The zero-order valence-corrected chi connectivity index (χ0v) is 13.6. The minimum Gasteiger partial charge on any atom is -0.382 e. The van der Waals surface area contributed by atoms with Crippen molar-refractivity contribution >= 4 is 21.6 Å². The van der Waals surface area contributed by atoms with Crippen LogP contribution in [0.5, 0.6) is 0 Å². The van der Waals surface area contributed by atoms with Crippen molar-refractivity contribution in [3.63, 3.8) is 0 Å². The van der Waals surface area contributed by atoms with Crippen molar-refractivity contribution in [1.29, 1.82) is 0 Å². The second-order valence-electron chi connectivity index (χ2n) is 5.62. The normalized spacial score (nSPS) is 19.3. The molecule has 2 nitrogen and oxygen atoms in total. The Balaban J connectivity index is 1.82. The van der Waals surface area contributed by atoms with Gasteiger partial charge in [0, 0.05) is 16.2 Å². The van der Waals surface area contributed by atoms with E-state index in [0.717, 1.165) is 10.4 Å². The molecule has 0 saturated carbocycles. The van der Waals surface area contributed by atoms with Crippen LogP contribution in [0.3, 0.4) is 0 Å². The first-order valence-corrected chi connectivity index (χ1v) is 8.22. The summed E-state index contributed by atoms with van der Waals surface area (Å²) >= 11 is 3.53. The van der Waals surface area contributed by atoms with Crippen LogP contribution in [0.15, 0.2) is 28.7 Å². The Bertz CT molecular complexity index is 386. The molecule has 1 heterocycles. The number of likely N-dealkylation sites (tertiary alicyclic amines) is 1. The van der Waals surface area contributed by atoms with Crippen molar-refractivity contribution in [3.05, 3.63) is 28.7 Å². The maximum atomic E-state index is 3.65. The van der Waals surface area contributed by atoms with E-state index in [4.69, 9.17) is 0 Å². The van der Waals surface area contributed by atoms with E-state index in [9.17, 15) is 0 Å². The number of anilines is 1. The lowest BCUT2D eigenvalue weighted by molar-refractivity contribution is 0.176. The van der Waals surface area contributed by atoms with Crippen molar-refractivity contribution in [2.24, 2.45) is 5.92 Å². The molecule has 1 atom stereocenters. The second-order valence-corrected chi connectivity index (χ2v) is 6.54. The van der Waals surface area contributed by atoms with Gasteiger partial charge in [-0.05, 0) is 69.9 Å². The minimum atomic E-state index is 0.554. The van der Waals surface area contributed by atoms with Gasteiger partial charge in [0.15, 0.2) is 0 Å². The molecule has 0 bridgehead atoms. The van der Waals surface area contributed by atoms with Crippen LogP contribution < -0.4 is 5.32 Å². The largest absolute Gasteiger partial charge is 0.382 e. The lowest BCUT2D eigenvalue weighted by Gasteiger charge is -2.35. The van der Waals surface area contributed by atoms with Crippen molar-refractivity contribution < 1.29 is 0 Å². The molecule has 1 unspecified atom stereocenters. The van der Waals surface area contributed by atoms with E-state index >= 15 is 0 Å². The van der Waals surface area contributed by atoms with E-state index in [1.807, 2.05) is 0 Å². The van der Waals surface area contributed by atoms with E-state index < -0.39 is 0 Å². The third kappa shape index (κ3) is 4.50. The number of nitrogens with zero attached hydrogens (tertiary/aromatic N) is 1. The van der Waals surface area contributed by atoms with Crippen molar-refractivity contribution in [2.75, 3.05) is 25.0 Å². The number of halogens is 1. The topological polar surface area (TPSA) is 15.3 Å². The first-order chi connectivity index (χ1) is 9.19. The van der Waals surface area contributed by atoms with Crippen LogP contribution in [-0.2, 0) is 0 Å². The minimum absolute atomic E-state index is 0.554. The van der Waals surface area contributed by atoms with Crippen LogP contribution in [0, 0.1) is 5.92 Å². The van der Waals surface area contributed by atoms with E-state index in [1.165, 1.54) is 44.6 Å². The molecule has 1 aromatic rings. The Morgan fingerprint density at radius 1 is 1.37 bits per heavy atom. The predicted octanol–water partition coefficient (Wildman–Crippen LogP) is 4.37. The van der Waals surface area contributed by atoms with Crippen molar-refractivity contribution in [1.82, 2.24) is 4.90 Å². The summed E-state index contributed by atoms with van der Waals surface area (Å²) in [7, 11) is 0. The van der Waals surface area contributed by atoms with E-state index in [1.54, 1.807) is 0 Å². The summed E-state index contributed by atoms with van der Waals surface area (Å²) in [5.74, 6) is 0.798. The van der Waals surface area contributed by atoms with E-state index in [2.05, 4.69) is 64.3 Å². The Labute approximate surface area is 125 Å². The van der Waals surface area contributed by atoms with Gasteiger partial charge in [0.1, 0.15) is 0 Å². The smallest absolute Gasteiger partial charge is 0.0353 e. The lowest BCUT2D eigenvalue weighted by atomic mass is 9.90. The molecule has 1 aliphatic rings. The summed E-state index contributed by atoms with van der Waals surface area (Å²) in [6.45, 7) is 8.39. The number of hydrogen-bond donors (Lipinski definition) is 1. The van der Waals surface area contributed by atoms with Crippen LogP contribution in [0.1, 0.15) is 33.1 Å². The van der Waals surface area contributed by atoms with Crippen LogP contribution in [-0.4, -0.2) is 30.6 Å². The van der Waals surface area contributed by atoms with Crippen LogP contribution in [0.2, 0.25) is 0 Å². The molecular weight excluding hydrogens is 300 g/mol. The molecular formula is C16H25BrN2. The highest BCUT2D eigenvalue weighted by Gasteiger charge is 2.23. The van der Waals surface area contributed by atoms with Crippen LogP contribution in [0.4, 0.5) is 5.69 Å². The monoisotopic (exact) mass is 324 g/mol. The molecule has 1 aliphatic heterocycles. The van der Waals surface area contributed by atoms with Gasteiger partial charge in [-0.15, -0.1) is 0 Å². The van der Waals surface area contributed by atoms with Gasteiger partial charge in [0.05, 0.1) is 0 Å². The van der Waals surface area contributed by atoms with E-state index in [0.29, 0.717) is 6.04 Å². The second kappa shape index (κ2) is 7.30. The zero-order valence-electron chi connectivity index (χ0n) is 12.0. The van der Waals surface area contributed by atoms with Crippen LogP contribution >= 0.6 is 15.9 Å². The number of hydrogen-bond acceptors (Lipinski definition) is 2. The molecule has 0 radical (unpaired) electrons. The first kappa shape index (κ1) is 14.9. The van der Waals surface area contributed by atoms with Gasteiger partial charge in [0.2, 0.25) is 0 Å². The summed E-state index contributed by atoms with van der Waals surface area (Å²) in [6.07, 6.45) is 3.92. The van der Waals surface area contributed by atoms with E-state index in [-0.39, 0.29) is 0 Å². The maximum Gasteiger partial charge on any atom is 0.0353 e. The quantitative estimate of drug-likeness (QED) is 0.865. The Hall–Kier alpha value is -0.540. The summed E-state index contributed by atoms with van der Waals surface area (Å²) in [5, 5.41) is 3.65. The molecule has 1 saturated heterocycles. The standard InChI is InChI=1S/C16H25BrN2/c1-3-9-19-10-7-14(8-11-19)13(2)18-16-6-4-5-15(17)12-16/h4-6,12-14,18H,3,7-11H2,1-2H3. The van der Waals surface area contributed by atoms with Gasteiger partial charge in [0.25, 0.3) is 0 Å². The lowest BCUT2D eigenvalue weighted by Crippen LogP contribution is -2.39. The van der Waals surface area contributed by atoms with Gasteiger partial charge < -0.3 is 10.2 Å². The average molecular weight is 325 g/mol. The number of piperidine rings is 1. The molecule has 0 amide bonds. The summed E-state index contributed by atoms with van der Waals surface area (Å²) in [6, 6.07) is 9.01. The third-order valence-corrected chi connectivity index (χ3v) is 4.59. The number of rotatable bonds is 5. The molecule has 3 heteroatoms. The molecule has 1 aromatic carbocycles.